The third kappa shape index (κ3) is 1.78. The van der Waals surface area contributed by atoms with Crippen molar-refractivity contribution in [2.45, 2.75) is 45.0 Å². The lowest BCUT2D eigenvalue weighted by molar-refractivity contribution is -0.201. The highest BCUT2D eigenvalue weighted by Gasteiger charge is 2.44. The highest BCUT2D eigenvalue weighted by molar-refractivity contribution is 6.00. The number of carbonyl (C=O) groups is 2. The summed E-state index contributed by atoms with van der Waals surface area (Å²) in [5.41, 5.74) is 0. The number of rotatable bonds is 4. The maximum Gasteiger partial charge on any atom is 0.254 e. The van der Waals surface area contributed by atoms with E-state index in [9.17, 15) is 9.59 Å². The van der Waals surface area contributed by atoms with Crippen LogP contribution < -0.4 is 0 Å². The minimum atomic E-state index is -0.388. The Hall–Kier alpha value is -0.940. The van der Waals surface area contributed by atoms with E-state index in [0.717, 1.165) is 17.9 Å². The van der Waals surface area contributed by atoms with Crippen molar-refractivity contribution >= 4 is 11.8 Å². The fourth-order valence-electron chi connectivity index (χ4n) is 1.49. The molecule has 2 saturated heterocycles. The van der Waals surface area contributed by atoms with E-state index in [2.05, 4.69) is 0 Å². The first-order chi connectivity index (χ1) is 6.72. The highest BCUT2D eigenvalue weighted by atomic mass is 16.9. The van der Waals surface area contributed by atoms with Gasteiger partial charge in [0.15, 0.2) is 0 Å². The Morgan fingerprint density at radius 2 is 2.07 bits per heavy atom. The molecular weight excluding hydrogens is 186 g/mol. The third-order valence-corrected chi connectivity index (χ3v) is 2.32. The molecule has 0 radical (unpaired) electrons. The number of nitrogens with zero attached hydrogens (tertiary/aromatic N) is 1. The fourth-order valence-corrected chi connectivity index (χ4v) is 1.49. The van der Waals surface area contributed by atoms with E-state index in [-0.39, 0.29) is 37.0 Å². The van der Waals surface area contributed by atoms with E-state index >= 15 is 0 Å². The quantitative estimate of drug-likeness (QED) is 0.491. The van der Waals surface area contributed by atoms with Gasteiger partial charge in [-0.1, -0.05) is 13.3 Å². The van der Waals surface area contributed by atoms with Gasteiger partial charge in [0.25, 0.3) is 11.8 Å². The molecule has 2 rings (SSSR count). The molecule has 78 valence electrons. The second-order valence-corrected chi connectivity index (χ2v) is 3.52. The number of hydroxylamine groups is 2. The third-order valence-electron chi connectivity index (χ3n) is 2.32. The fraction of sp³-hybridized carbons (Fsp3) is 0.778. The second-order valence-electron chi connectivity index (χ2n) is 3.52. The summed E-state index contributed by atoms with van der Waals surface area (Å²) in [5.74, 6) is -0.526. The van der Waals surface area contributed by atoms with Crippen molar-refractivity contribution in [1.29, 1.82) is 0 Å². The van der Waals surface area contributed by atoms with Crippen LogP contribution in [0.1, 0.15) is 32.6 Å². The van der Waals surface area contributed by atoms with Crippen molar-refractivity contribution in [3.8, 4) is 0 Å². The molecule has 5 heteroatoms. The standard InChI is InChI=1S/C9H13NO4/c1-2-3-6-9(13-6)14-10-7(11)4-5-8(10)12/h6,9H,2-5H2,1H3. The summed E-state index contributed by atoms with van der Waals surface area (Å²) in [5, 5.41) is 0.848. The molecule has 0 saturated carbocycles. The molecule has 2 atom stereocenters. The Balaban J connectivity index is 1.81. The maximum absolute atomic E-state index is 11.1. The van der Waals surface area contributed by atoms with E-state index in [1.807, 2.05) is 6.92 Å². The number of ether oxygens (including phenoxy) is 1. The normalized spacial score (nSPS) is 31.4. The predicted molar refractivity (Wildman–Crippen MR) is 45.7 cm³/mol. The van der Waals surface area contributed by atoms with Crippen LogP contribution in [0.2, 0.25) is 0 Å². The number of amides is 2. The van der Waals surface area contributed by atoms with Gasteiger partial charge in [0.1, 0.15) is 6.10 Å². The Bertz CT molecular complexity index is 250. The van der Waals surface area contributed by atoms with Crippen LogP contribution >= 0.6 is 0 Å². The first kappa shape index (κ1) is 9.61. The molecule has 5 nitrogen and oxygen atoms in total. The predicted octanol–water partition coefficient (Wildman–Crippen LogP) is 0.592. The molecular formula is C9H13NO4. The molecule has 0 N–H and O–H groups in total. The van der Waals surface area contributed by atoms with Gasteiger partial charge in [-0.15, -0.1) is 0 Å². The summed E-state index contributed by atoms with van der Waals surface area (Å²) in [4.78, 5) is 27.4. The topological polar surface area (TPSA) is 59.1 Å². The van der Waals surface area contributed by atoms with Crippen molar-refractivity contribution in [3.05, 3.63) is 0 Å². The van der Waals surface area contributed by atoms with Crippen LogP contribution in [0.25, 0.3) is 0 Å². The Kier molecular flexibility index (Phi) is 2.52. The van der Waals surface area contributed by atoms with Gasteiger partial charge in [0.05, 0.1) is 0 Å². The van der Waals surface area contributed by atoms with Crippen molar-refractivity contribution in [2.24, 2.45) is 0 Å². The van der Waals surface area contributed by atoms with E-state index in [4.69, 9.17) is 9.57 Å². The maximum atomic E-state index is 11.1. The Morgan fingerprint density at radius 3 is 2.64 bits per heavy atom. The molecule has 14 heavy (non-hydrogen) atoms. The molecule has 2 amide bonds. The molecule has 2 unspecified atom stereocenters. The van der Waals surface area contributed by atoms with Crippen LogP contribution in [0.15, 0.2) is 0 Å². The van der Waals surface area contributed by atoms with Crippen LogP contribution in [0.3, 0.4) is 0 Å². The van der Waals surface area contributed by atoms with Crippen molar-refractivity contribution in [1.82, 2.24) is 5.06 Å². The van der Waals surface area contributed by atoms with E-state index in [1.54, 1.807) is 0 Å². The van der Waals surface area contributed by atoms with Gasteiger partial charge in [-0.25, -0.2) is 4.84 Å². The lowest BCUT2D eigenvalue weighted by Crippen LogP contribution is -2.31. The lowest BCUT2D eigenvalue weighted by atomic mass is 10.3. The average Bonchev–Trinajstić information content (AvgIpc) is 2.81. The molecule has 0 aromatic heterocycles. The van der Waals surface area contributed by atoms with Crippen LogP contribution in [0.5, 0.6) is 0 Å². The van der Waals surface area contributed by atoms with Crippen molar-refractivity contribution in [2.75, 3.05) is 0 Å². The minimum Gasteiger partial charge on any atom is -0.339 e. The summed E-state index contributed by atoms with van der Waals surface area (Å²) in [6.07, 6.45) is 2.09. The average molecular weight is 199 g/mol. The van der Waals surface area contributed by atoms with Crippen molar-refractivity contribution < 1.29 is 19.2 Å². The summed E-state index contributed by atoms with van der Waals surface area (Å²) in [6, 6.07) is 0. The van der Waals surface area contributed by atoms with Crippen LogP contribution in [0, 0.1) is 0 Å². The van der Waals surface area contributed by atoms with Crippen LogP contribution in [-0.4, -0.2) is 29.3 Å². The zero-order chi connectivity index (χ0) is 10.1. The number of epoxide rings is 1. The summed E-state index contributed by atoms with van der Waals surface area (Å²) < 4.78 is 5.15. The molecule has 2 heterocycles. The number of imide groups is 1. The molecule has 0 spiro atoms. The van der Waals surface area contributed by atoms with Crippen LogP contribution in [0.4, 0.5) is 0 Å². The molecule has 2 aliphatic rings. The van der Waals surface area contributed by atoms with Crippen molar-refractivity contribution in [3.63, 3.8) is 0 Å². The first-order valence-electron chi connectivity index (χ1n) is 4.90. The monoisotopic (exact) mass is 199 g/mol. The summed E-state index contributed by atoms with van der Waals surface area (Å²) in [6.45, 7) is 2.05. The van der Waals surface area contributed by atoms with Gasteiger partial charge in [0.2, 0.25) is 6.29 Å². The molecule has 2 aliphatic heterocycles. The van der Waals surface area contributed by atoms with E-state index < -0.39 is 0 Å². The van der Waals surface area contributed by atoms with Crippen LogP contribution in [-0.2, 0) is 19.2 Å². The second kappa shape index (κ2) is 3.67. The molecule has 0 aromatic carbocycles. The summed E-state index contributed by atoms with van der Waals surface area (Å²) >= 11 is 0. The molecule has 2 fully saturated rings. The molecule has 0 bridgehead atoms. The highest BCUT2D eigenvalue weighted by Crippen LogP contribution is 2.29. The molecule has 0 aliphatic carbocycles. The zero-order valence-electron chi connectivity index (χ0n) is 8.06. The SMILES string of the molecule is CCCC1OC1ON1C(=O)CCC1=O. The smallest absolute Gasteiger partial charge is 0.254 e. The zero-order valence-corrected chi connectivity index (χ0v) is 8.06. The molecule has 0 aromatic rings. The van der Waals surface area contributed by atoms with E-state index in [0.29, 0.717) is 0 Å². The first-order valence-corrected chi connectivity index (χ1v) is 4.90. The Labute approximate surface area is 81.9 Å². The van der Waals surface area contributed by atoms with Gasteiger partial charge in [-0.05, 0) is 6.42 Å². The minimum absolute atomic E-state index is 0.0567. The number of carbonyl (C=O) groups excluding carboxylic acids is 2. The van der Waals surface area contributed by atoms with Gasteiger partial charge in [-0.3, -0.25) is 9.59 Å². The van der Waals surface area contributed by atoms with Gasteiger partial charge < -0.3 is 4.74 Å². The largest absolute Gasteiger partial charge is 0.339 e. The number of hydrogen-bond acceptors (Lipinski definition) is 4. The van der Waals surface area contributed by atoms with Gasteiger partial charge >= 0.3 is 0 Å². The van der Waals surface area contributed by atoms with E-state index in [1.165, 1.54) is 0 Å². The lowest BCUT2D eigenvalue weighted by Gasteiger charge is -2.10. The summed E-state index contributed by atoms with van der Waals surface area (Å²) in [7, 11) is 0. The Morgan fingerprint density at radius 1 is 1.43 bits per heavy atom. The van der Waals surface area contributed by atoms with Gasteiger partial charge in [-0.2, -0.15) is 5.06 Å². The number of hydrogen-bond donors (Lipinski definition) is 0. The van der Waals surface area contributed by atoms with Gasteiger partial charge in [0, 0.05) is 12.8 Å².